The van der Waals surface area contributed by atoms with Crippen molar-refractivity contribution < 1.29 is 13.9 Å². The number of fused-ring (bicyclic) bond motifs is 1. The van der Waals surface area contributed by atoms with Gasteiger partial charge in [-0.05, 0) is 36.8 Å². The van der Waals surface area contributed by atoms with Gasteiger partial charge in [0.05, 0.1) is 16.6 Å². The monoisotopic (exact) mass is 472 g/mol. The van der Waals surface area contributed by atoms with Crippen molar-refractivity contribution in [2.75, 3.05) is 13.1 Å². The van der Waals surface area contributed by atoms with Gasteiger partial charge in [-0.25, -0.2) is 14.5 Å². The zero-order valence-electron chi connectivity index (χ0n) is 19.3. The minimum atomic E-state index is -0.555. The second kappa shape index (κ2) is 9.66. The van der Waals surface area contributed by atoms with Crippen LogP contribution < -0.4 is 10.3 Å². The third kappa shape index (κ3) is 4.91. The summed E-state index contributed by atoms with van der Waals surface area (Å²) < 4.78 is 20.6. The van der Waals surface area contributed by atoms with Gasteiger partial charge >= 0.3 is 0 Å². The number of piperidine rings is 1. The summed E-state index contributed by atoms with van der Waals surface area (Å²) >= 11 is 0. The lowest BCUT2D eigenvalue weighted by molar-refractivity contribution is 0.0583. The number of aromatic amines is 1. The van der Waals surface area contributed by atoms with Crippen LogP contribution in [0.25, 0.3) is 10.8 Å². The maximum atomic E-state index is 14.7. The van der Waals surface area contributed by atoms with E-state index < -0.39 is 5.82 Å². The number of amides is 1. The number of H-pyrrole nitrogens is 1. The molecule has 1 aliphatic heterocycles. The van der Waals surface area contributed by atoms with Crippen molar-refractivity contribution in [3.8, 4) is 5.88 Å². The number of carbonyl (C=O) groups is 1. The predicted octanol–water partition coefficient (Wildman–Crippen LogP) is 4.04. The third-order valence-corrected chi connectivity index (χ3v) is 6.29. The molecule has 1 saturated heterocycles. The largest absolute Gasteiger partial charge is 0.474 e. The summed E-state index contributed by atoms with van der Waals surface area (Å²) in [5.74, 6) is -0.312. The molecular weight excluding hydrogens is 447 g/mol. The van der Waals surface area contributed by atoms with Crippen LogP contribution in [-0.2, 0) is 6.42 Å². The van der Waals surface area contributed by atoms with E-state index in [1.165, 1.54) is 6.07 Å². The molecule has 5 rings (SSSR count). The summed E-state index contributed by atoms with van der Waals surface area (Å²) in [5, 5.41) is 7.99. The molecule has 0 spiro atoms. The number of nitrogens with one attached hydrogen (secondary N) is 1. The predicted molar refractivity (Wildman–Crippen MR) is 130 cm³/mol. The van der Waals surface area contributed by atoms with Crippen LogP contribution in [0.1, 0.15) is 40.2 Å². The summed E-state index contributed by atoms with van der Waals surface area (Å²) in [6.07, 6.45) is 1.62. The molecule has 0 unspecified atom stereocenters. The van der Waals surface area contributed by atoms with Crippen LogP contribution in [0.4, 0.5) is 4.39 Å². The Morgan fingerprint density at radius 3 is 2.63 bits per heavy atom. The molecule has 0 saturated carbocycles. The normalized spacial score (nSPS) is 14.3. The summed E-state index contributed by atoms with van der Waals surface area (Å²) in [7, 11) is 0. The molecule has 35 heavy (non-hydrogen) atoms. The van der Waals surface area contributed by atoms with Crippen LogP contribution in [0.3, 0.4) is 0 Å². The molecule has 7 nitrogen and oxygen atoms in total. The SMILES string of the molecule is Cc1cccc(OC2CCN(C(=O)c3cc(Cc4n[nH]c(=O)c5ccccc45)ccc3F)CC2)n1. The molecule has 0 radical (unpaired) electrons. The molecule has 1 aliphatic rings. The topological polar surface area (TPSA) is 88.2 Å². The first-order valence-corrected chi connectivity index (χ1v) is 11.6. The van der Waals surface area contributed by atoms with E-state index >= 15 is 0 Å². The number of halogens is 1. The Kier molecular flexibility index (Phi) is 6.27. The number of likely N-dealkylation sites (tertiary alicyclic amines) is 1. The Balaban J connectivity index is 1.29. The highest BCUT2D eigenvalue weighted by atomic mass is 19.1. The molecule has 2 aromatic heterocycles. The summed E-state index contributed by atoms with van der Waals surface area (Å²) in [6.45, 7) is 2.86. The first-order chi connectivity index (χ1) is 17.0. The first-order valence-electron chi connectivity index (χ1n) is 11.6. The highest BCUT2D eigenvalue weighted by Gasteiger charge is 2.27. The molecule has 2 aromatic carbocycles. The van der Waals surface area contributed by atoms with Crippen LogP contribution in [0.5, 0.6) is 5.88 Å². The van der Waals surface area contributed by atoms with Gasteiger partial charge in [0, 0.05) is 49.5 Å². The molecule has 1 N–H and O–H groups in total. The minimum absolute atomic E-state index is 0.0378. The van der Waals surface area contributed by atoms with Gasteiger partial charge in [0.2, 0.25) is 5.88 Å². The smallest absolute Gasteiger partial charge is 0.272 e. The van der Waals surface area contributed by atoms with E-state index in [4.69, 9.17) is 4.74 Å². The fourth-order valence-electron chi connectivity index (χ4n) is 4.45. The number of aromatic nitrogens is 3. The third-order valence-electron chi connectivity index (χ3n) is 6.29. The van der Waals surface area contributed by atoms with Crippen molar-refractivity contribution in [2.24, 2.45) is 0 Å². The summed E-state index contributed by atoms with van der Waals surface area (Å²) in [6, 6.07) is 17.4. The Hall–Kier alpha value is -4.07. The average Bonchev–Trinajstić information content (AvgIpc) is 2.87. The fraction of sp³-hybridized carbons (Fsp3) is 0.259. The van der Waals surface area contributed by atoms with E-state index in [1.54, 1.807) is 29.2 Å². The van der Waals surface area contributed by atoms with E-state index in [1.807, 2.05) is 37.3 Å². The summed E-state index contributed by atoms with van der Waals surface area (Å²) in [4.78, 5) is 31.3. The van der Waals surface area contributed by atoms with E-state index in [0.29, 0.717) is 49.3 Å². The summed E-state index contributed by atoms with van der Waals surface area (Å²) in [5.41, 5.74) is 2.06. The van der Waals surface area contributed by atoms with Crippen molar-refractivity contribution in [1.82, 2.24) is 20.1 Å². The van der Waals surface area contributed by atoms with Gasteiger partial charge in [-0.15, -0.1) is 0 Å². The van der Waals surface area contributed by atoms with Crippen molar-refractivity contribution in [2.45, 2.75) is 32.3 Å². The molecule has 1 fully saturated rings. The van der Waals surface area contributed by atoms with Crippen molar-refractivity contribution in [3.05, 3.63) is 99.3 Å². The van der Waals surface area contributed by atoms with Crippen LogP contribution in [-0.4, -0.2) is 45.2 Å². The molecule has 4 aromatic rings. The number of ether oxygens (including phenoxy) is 1. The zero-order chi connectivity index (χ0) is 24.4. The highest BCUT2D eigenvalue weighted by molar-refractivity contribution is 5.95. The van der Waals surface area contributed by atoms with Gasteiger partial charge in [0.25, 0.3) is 11.5 Å². The highest BCUT2D eigenvalue weighted by Crippen LogP contribution is 2.22. The Bertz CT molecular complexity index is 1440. The van der Waals surface area contributed by atoms with Crippen LogP contribution in [0, 0.1) is 12.7 Å². The molecule has 0 atom stereocenters. The number of aryl methyl sites for hydroxylation is 1. The fourth-order valence-corrected chi connectivity index (χ4v) is 4.45. The van der Waals surface area contributed by atoms with E-state index in [-0.39, 0.29) is 23.1 Å². The van der Waals surface area contributed by atoms with E-state index in [0.717, 1.165) is 16.6 Å². The molecule has 8 heteroatoms. The molecule has 1 amide bonds. The first kappa shape index (κ1) is 22.7. The second-order valence-corrected chi connectivity index (χ2v) is 8.76. The van der Waals surface area contributed by atoms with Crippen molar-refractivity contribution in [1.29, 1.82) is 0 Å². The van der Waals surface area contributed by atoms with Gasteiger partial charge in [-0.2, -0.15) is 5.10 Å². The van der Waals surface area contributed by atoms with Gasteiger partial charge < -0.3 is 9.64 Å². The van der Waals surface area contributed by atoms with Gasteiger partial charge in [-0.1, -0.05) is 30.3 Å². The van der Waals surface area contributed by atoms with Gasteiger partial charge in [0.15, 0.2) is 0 Å². The van der Waals surface area contributed by atoms with E-state index in [9.17, 15) is 14.0 Å². The van der Waals surface area contributed by atoms with Crippen LogP contribution >= 0.6 is 0 Å². The second-order valence-electron chi connectivity index (χ2n) is 8.76. The number of benzene rings is 2. The molecule has 3 heterocycles. The standard InChI is InChI=1S/C27H25FN4O3/c1-17-5-4-8-25(29-17)35-19-11-13-32(14-12-19)27(34)22-15-18(9-10-23(22)28)16-24-20-6-2-3-7-21(20)26(33)31-30-24/h2-10,15,19H,11-14,16H2,1H3,(H,31,33). The Morgan fingerprint density at radius 1 is 1.09 bits per heavy atom. The number of carbonyl (C=O) groups excluding carboxylic acids is 1. The van der Waals surface area contributed by atoms with Gasteiger partial charge in [-0.3, -0.25) is 9.59 Å². The number of pyridine rings is 1. The van der Waals surface area contributed by atoms with E-state index in [2.05, 4.69) is 15.2 Å². The Labute approximate surface area is 201 Å². The maximum absolute atomic E-state index is 14.7. The lowest BCUT2D eigenvalue weighted by atomic mass is 10.0. The lowest BCUT2D eigenvalue weighted by Crippen LogP contribution is -2.42. The Morgan fingerprint density at radius 2 is 1.86 bits per heavy atom. The number of hydrogen-bond donors (Lipinski definition) is 1. The van der Waals surface area contributed by atoms with Gasteiger partial charge in [0.1, 0.15) is 11.9 Å². The molecule has 0 bridgehead atoms. The molecular formula is C27H25FN4O3. The number of hydrogen-bond acceptors (Lipinski definition) is 5. The number of rotatable bonds is 5. The van der Waals surface area contributed by atoms with Crippen molar-refractivity contribution >= 4 is 16.7 Å². The lowest BCUT2D eigenvalue weighted by Gasteiger charge is -2.32. The van der Waals surface area contributed by atoms with Crippen molar-refractivity contribution in [3.63, 3.8) is 0 Å². The molecule has 0 aliphatic carbocycles. The number of nitrogens with zero attached hydrogens (tertiary/aromatic N) is 3. The molecule has 178 valence electrons. The maximum Gasteiger partial charge on any atom is 0.272 e. The van der Waals surface area contributed by atoms with Crippen LogP contribution in [0.15, 0.2) is 65.5 Å². The van der Waals surface area contributed by atoms with Crippen LogP contribution in [0.2, 0.25) is 0 Å². The average molecular weight is 473 g/mol. The quantitative estimate of drug-likeness (QED) is 0.474. The zero-order valence-corrected chi connectivity index (χ0v) is 19.3. The minimum Gasteiger partial charge on any atom is -0.474 e.